The van der Waals surface area contributed by atoms with Crippen LogP contribution < -0.4 is 10.6 Å². The molecule has 2 aliphatic rings. The smallest absolute Gasteiger partial charge is 0.190 e. The quantitative estimate of drug-likeness (QED) is 0.377. The summed E-state index contributed by atoms with van der Waals surface area (Å²) in [4.78, 5) is 6.92. The van der Waals surface area contributed by atoms with Gasteiger partial charge in [-0.15, -0.1) is 0 Å². The van der Waals surface area contributed by atoms with E-state index in [1.165, 1.54) is 32.4 Å². The Morgan fingerprint density at radius 1 is 1.12 bits per heavy atom. The Hall–Kier alpha value is -0.850. The number of rotatable bonds is 9. The number of likely N-dealkylation sites (tertiary alicyclic amines) is 1. The average Bonchev–Trinajstić information content (AvgIpc) is 2.65. The molecule has 0 aromatic rings. The normalized spacial score (nSPS) is 23.6. The third kappa shape index (κ3) is 8.38. The largest absolute Gasteiger partial charge is 0.381 e. The van der Waals surface area contributed by atoms with Gasteiger partial charge in [-0.1, -0.05) is 6.42 Å². The van der Waals surface area contributed by atoms with Gasteiger partial charge in [-0.2, -0.15) is 0 Å². The molecule has 0 aromatic heterocycles. The first kappa shape index (κ1) is 20.5. The molecule has 0 saturated carbocycles. The Bertz CT molecular complexity index is 372. The van der Waals surface area contributed by atoms with E-state index < -0.39 is 0 Å². The molecular formula is C19H38N4O2. The van der Waals surface area contributed by atoms with Crippen molar-refractivity contribution in [2.24, 2.45) is 4.99 Å². The molecule has 2 heterocycles. The van der Waals surface area contributed by atoms with Gasteiger partial charge < -0.3 is 25.0 Å². The predicted molar refractivity (Wildman–Crippen MR) is 103 cm³/mol. The molecule has 1 unspecified atom stereocenters. The molecule has 0 aliphatic carbocycles. The van der Waals surface area contributed by atoms with Crippen molar-refractivity contribution in [1.29, 1.82) is 0 Å². The van der Waals surface area contributed by atoms with Crippen LogP contribution in [0.5, 0.6) is 0 Å². The van der Waals surface area contributed by atoms with Crippen molar-refractivity contribution in [3.63, 3.8) is 0 Å². The minimum Gasteiger partial charge on any atom is -0.381 e. The van der Waals surface area contributed by atoms with E-state index in [0.717, 1.165) is 70.6 Å². The minimum atomic E-state index is 0.392. The van der Waals surface area contributed by atoms with Crippen LogP contribution in [0.25, 0.3) is 0 Å². The van der Waals surface area contributed by atoms with Crippen molar-refractivity contribution < 1.29 is 9.47 Å². The Morgan fingerprint density at radius 2 is 1.88 bits per heavy atom. The molecule has 0 aromatic carbocycles. The average molecular weight is 355 g/mol. The zero-order chi connectivity index (χ0) is 17.7. The zero-order valence-electron chi connectivity index (χ0n) is 16.3. The van der Waals surface area contributed by atoms with E-state index in [9.17, 15) is 0 Å². The minimum absolute atomic E-state index is 0.392. The first-order valence-corrected chi connectivity index (χ1v) is 10.2. The molecule has 2 fully saturated rings. The maximum absolute atomic E-state index is 5.89. The Balaban J connectivity index is 1.46. The maximum atomic E-state index is 5.89. The highest BCUT2D eigenvalue weighted by Gasteiger charge is 2.17. The summed E-state index contributed by atoms with van der Waals surface area (Å²) in [5.74, 6) is 0.901. The van der Waals surface area contributed by atoms with Crippen molar-refractivity contribution >= 4 is 5.96 Å². The van der Waals surface area contributed by atoms with Gasteiger partial charge in [0.1, 0.15) is 0 Å². The molecule has 1 atom stereocenters. The van der Waals surface area contributed by atoms with Gasteiger partial charge >= 0.3 is 0 Å². The second-order valence-corrected chi connectivity index (χ2v) is 7.20. The van der Waals surface area contributed by atoms with E-state index in [0.29, 0.717) is 6.10 Å². The van der Waals surface area contributed by atoms with Crippen molar-refractivity contribution in [3.05, 3.63) is 0 Å². The monoisotopic (exact) mass is 354 g/mol. The molecular weight excluding hydrogens is 316 g/mol. The Morgan fingerprint density at radius 3 is 2.60 bits per heavy atom. The fourth-order valence-corrected chi connectivity index (χ4v) is 3.57. The van der Waals surface area contributed by atoms with Crippen molar-refractivity contribution in [2.75, 3.05) is 53.0 Å². The third-order valence-corrected chi connectivity index (χ3v) is 5.21. The molecule has 0 bridgehead atoms. The summed E-state index contributed by atoms with van der Waals surface area (Å²) in [5, 5.41) is 6.79. The highest BCUT2D eigenvalue weighted by atomic mass is 16.5. The summed E-state index contributed by atoms with van der Waals surface area (Å²) in [6, 6.07) is 0.752. The van der Waals surface area contributed by atoms with E-state index in [2.05, 4.69) is 27.4 Å². The van der Waals surface area contributed by atoms with Crippen molar-refractivity contribution in [1.82, 2.24) is 15.5 Å². The van der Waals surface area contributed by atoms with Gasteiger partial charge in [-0.3, -0.25) is 4.99 Å². The Labute approximate surface area is 153 Å². The van der Waals surface area contributed by atoms with Crippen LogP contribution in [0.3, 0.4) is 0 Å². The van der Waals surface area contributed by atoms with E-state index in [4.69, 9.17) is 9.47 Å². The first-order valence-electron chi connectivity index (χ1n) is 10.2. The van der Waals surface area contributed by atoms with Crippen LogP contribution in [0.2, 0.25) is 0 Å². The lowest BCUT2D eigenvalue weighted by Gasteiger charge is -2.33. The van der Waals surface area contributed by atoms with Crippen LogP contribution >= 0.6 is 0 Å². The lowest BCUT2D eigenvalue weighted by atomic mass is 10.0. The van der Waals surface area contributed by atoms with E-state index in [1.807, 2.05) is 7.05 Å². The third-order valence-electron chi connectivity index (χ3n) is 5.21. The van der Waals surface area contributed by atoms with Gasteiger partial charge in [0.25, 0.3) is 0 Å². The maximum Gasteiger partial charge on any atom is 0.190 e. The number of aliphatic imine (C=N–C) groups is 1. The predicted octanol–water partition coefficient (Wildman–Crippen LogP) is 2.00. The fraction of sp³-hybridized carbons (Fsp3) is 0.947. The number of nitrogens with one attached hydrogen (secondary N) is 2. The molecule has 146 valence electrons. The SMILES string of the molecule is CN=C(NCCCOC1CCOCC1)NCCCN1CCCCC1C. The second-order valence-electron chi connectivity index (χ2n) is 7.20. The molecule has 0 amide bonds. The van der Waals surface area contributed by atoms with Gasteiger partial charge in [-0.25, -0.2) is 0 Å². The topological polar surface area (TPSA) is 58.1 Å². The van der Waals surface area contributed by atoms with Gasteiger partial charge in [0.2, 0.25) is 0 Å². The number of piperidine rings is 1. The summed E-state index contributed by atoms with van der Waals surface area (Å²) in [7, 11) is 1.83. The van der Waals surface area contributed by atoms with Crippen LogP contribution in [0.4, 0.5) is 0 Å². The first-order chi connectivity index (χ1) is 12.3. The van der Waals surface area contributed by atoms with Gasteiger partial charge in [0.05, 0.1) is 6.10 Å². The highest BCUT2D eigenvalue weighted by molar-refractivity contribution is 5.79. The lowest BCUT2D eigenvalue weighted by molar-refractivity contribution is -0.0320. The summed E-state index contributed by atoms with van der Waals surface area (Å²) in [6.45, 7) is 9.17. The molecule has 0 spiro atoms. The van der Waals surface area contributed by atoms with E-state index in [1.54, 1.807) is 0 Å². The molecule has 2 N–H and O–H groups in total. The van der Waals surface area contributed by atoms with E-state index >= 15 is 0 Å². The fourth-order valence-electron chi connectivity index (χ4n) is 3.57. The molecule has 6 nitrogen and oxygen atoms in total. The van der Waals surface area contributed by atoms with Crippen LogP contribution in [-0.4, -0.2) is 76.1 Å². The molecule has 2 saturated heterocycles. The van der Waals surface area contributed by atoms with Crippen molar-refractivity contribution in [2.45, 2.75) is 64.0 Å². The summed E-state index contributed by atoms with van der Waals surface area (Å²) < 4.78 is 11.2. The van der Waals surface area contributed by atoms with Gasteiger partial charge in [-0.05, 0) is 52.0 Å². The number of ether oxygens (including phenoxy) is 2. The molecule has 2 rings (SSSR count). The molecule has 2 aliphatic heterocycles. The number of nitrogens with zero attached hydrogens (tertiary/aromatic N) is 2. The van der Waals surface area contributed by atoms with E-state index in [-0.39, 0.29) is 0 Å². The van der Waals surface area contributed by atoms with Crippen LogP contribution in [0, 0.1) is 0 Å². The standard InChI is InChI=1S/C19H38N4O2/c1-17-7-3-4-12-23(17)13-5-10-21-19(20-2)22-11-6-14-25-18-8-15-24-16-9-18/h17-18H,3-16H2,1-2H3,(H2,20,21,22). The number of hydrogen-bond donors (Lipinski definition) is 2. The van der Waals surface area contributed by atoms with Gasteiger partial charge in [0, 0.05) is 52.5 Å². The van der Waals surface area contributed by atoms with Crippen molar-refractivity contribution in [3.8, 4) is 0 Å². The van der Waals surface area contributed by atoms with Crippen LogP contribution in [0.1, 0.15) is 51.9 Å². The number of guanidine groups is 1. The van der Waals surface area contributed by atoms with Crippen LogP contribution in [-0.2, 0) is 9.47 Å². The molecule has 6 heteroatoms. The zero-order valence-corrected chi connectivity index (χ0v) is 16.3. The van der Waals surface area contributed by atoms with Gasteiger partial charge in [0.15, 0.2) is 5.96 Å². The summed E-state index contributed by atoms with van der Waals surface area (Å²) in [6.07, 6.45) is 8.73. The summed E-state index contributed by atoms with van der Waals surface area (Å²) >= 11 is 0. The highest BCUT2D eigenvalue weighted by Crippen LogP contribution is 2.16. The second kappa shape index (κ2) is 12.5. The number of hydrogen-bond acceptors (Lipinski definition) is 4. The Kier molecular flexibility index (Phi) is 10.2. The summed E-state index contributed by atoms with van der Waals surface area (Å²) in [5.41, 5.74) is 0. The molecule has 0 radical (unpaired) electrons. The lowest BCUT2D eigenvalue weighted by Crippen LogP contribution is -2.41. The van der Waals surface area contributed by atoms with Crippen LogP contribution in [0.15, 0.2) is 4.99 Å². The molecule has 25 heavy (non-hydrogen) atoms.